The minimum absolute atomic E-state index is 0.550. The second kappa shape index (κ2) is 16.2. The van der Waals surface area contributed by atoms with Crippen LogP contribution in [-0.2, 0) is 0 Å². The number of thiophene rings is 1. The van der Waals surface area contributed by atoms with Crippen molar-refractivity contribution >= 4 is 119 Å². The maximum absolute atomic E-state index is 6.73. The van der Waals surface area contributed by atoms with E-state index < -0.39 is 0 Å². The third kappa shape index (κ3) is 6.21. The molecule has 0 bridgehead atoms. The van der Waals surface area contributed by atoms with Crippen LogP contribution in [-0.4, -0.2) is 28.7 Å². The van der Waals surface area contributed by atoms with Crippen molar-refractivity contribution in [2.24, 2.45) is 0 Å². The summed E-state index contributed by atoms with van der Waals surface area (Å²) in [6.07, 6.45) is 0. The van der Waals surface area contributed by atoms with Gasteiger partial charge in [0.1, 0.15) is 11.2 Å². The maximum Gasteiger partial charge on any atom is 0.238 e. The van der Waals surface area contributed by atoms with Crippen molar-refractivity contribution in [1.29, 1.82) is 0 Å². The minimum Gasteiger partial charge on any atom is -0.456 e. The highest BCUT2D eigenvalue weighted by atomic mass is 32.1. The highest BCUT2D eigenvalue weighted by Crippen LogP contribution is 2.45. The number of furan rings is 1. The van der Waals surface area contributed by atoms with Gasteiger partial charge < -0.3 is 13.6 Å². The lowest BCUT2D eigenvalue weighted by atomic mass is 9.99. The van der Waals surface area contributed by atoms with Crippen molar-refractivity contribution in [2.45, 2.75) is 0 Å². The Morgan fingerprint density at radius 3 is 1.53 bits per heavy atom. The number of nitrogens with zero attached hydrogens (tertiary/aromatic N) is 6. The first-order valence-electron chi connectivity index (χ1n) is 25.9. The number of hydrogen-bond acceptors (Lipinski definition) is 5. The molecule has 0 saturated heterocycles. The van der Waals surface area contributed by atoms with Gasteiger partial charge in [0, 0.05) is 85.8 Å². The summed E-state index contributed by atoms with van der Waals surface area (Å²) < 4.78 is 16.2. The molecule has 6 aromatic heterocycles. The summed E-state index contributed by atoms with van der Waals surface area (Å²) in [6, 6.07) is 86.8. The van der Waals surface area contributed by atoms with Gasteiger partial charge in [-0.25, -0.2) is 4.98 Å². The number of fused-ring (bicyclic) bond motifs is 16. The van der Waals surface area contributed by atoms with Gasteiger partial charge in [-0.05, 0) is 96.1 Å². The van der Waals surface area contributed by atoms with Gasteiger partial charge in [-0.3, -0.25) is 4.57 Å². The SMILES string of the molecule is c1ccc(-n2c3ccccc3c3ccc4c5cc(-c6ccc7oc8cccc(-c9nc(-c%10ccc%11c(c%10)sc%10ccccc%10%11)nc(-n%10c%11ccccc%11c%11ccccc%11%10)n9)c8c7c6)ccc5n(-c5ccccc5)c4c32)cc1. The van der Waals surface area contributed by atoms with Gasteiger partial charge in [0.2, 0.25) is 5.95 Å². The van der Waals surface area contributed by atoms with Crippen molar-refractivity contribution in [3.63, 3.8) is 0 Å². The van der Waals surface area contributed by atoms with E-state index in [1.807, 2.05) is 12.1 Å². The van der Waals surface area contributed by atoms with Crippen molar-refractivity contribution < 1.29 is 4.42 Å². The molecule has 0 N–H and O–H groups in total. The average molecular weight is 1000 g/mol. The van der Waals surface area contributed by atoms with Gasteiger partial charge in [0.15, 0.2) is 11.6 Å². The molecular formula is C69H40N6OS. The van der Waals surface area contributed by atoms with Crippen molar-refractivity contribution in [1.82, 2.24) is 28.7 Å². The van der Waals surface area contributed by atoms with E-state index >= 15 is 0 Å². The molecule has 0 aliphatic heterocycles. The Bertz CT molecular complexity index is 5240. The predicted octanol–water partition coefficient (Wildman–Crippen LogP) is 18.4. The van der Waals surface area contributed by atoms with Gasteiger partial charge in [0.05, 0.1) is 33.1 Å². The fraction of sp³-hybridized carbons (Fsp3) is 0. The topological polar surface area (TPSA) is 66.6 Å². The van der Waals surface area contributed by atoms with Crippen molar-refractivity contribution in [3.8, 4) is 51.2 Å². The van der Waals surface area contributed by atoms with E-state index in [-0.39, 0.29) is 0 Å². The molecule has 358 valence electrons. The standard InChI is InChI=1S/C69H40N6OS/c1-3-16-44(17-4-1)73-56-25-11-9-22-48(56)51-34-35-52-54-38-41(31-36-59(54)74(66(52)65(51)73)45-18-5-2-6-19-45)42-32-37-60-55(39-42)64-53(24-15-28-61(64)76-60)68-70-67(43-30-33-50-49-23-10-14-29-62(49)77-63(50)40-43)71-69(72-68)75-57-26-12-7-20-46(57)47-21-8-13-27-58(47)75/h1-40H. The smallest absolute Gasteiger partial charge is 0.238 e. The molecule has 0 saturated carbocycles. The normalized spacial score (nSPS) is 12.2. The number of rotatable bonds is 6. The molecule has 17 aromatic rings. The summed E-state index contributed by atoms with van der Waals surface area (Å²) >= 11 is 1.79. The Kier molecular flexibility index (Phi) is 8.87. The molecule has 0 unspecified atom stereocenters. The molecule has 0 spiro atoms. The summed E-state index contributed by atoms with van der Waals surface area (Å²) in [5, 5.41) is 11.5. The zero-order valence-corrected chi connectivity index (χ0v) is 41.9. The predicted molar refractivity (Wildman–Crippen MR) is 319 cm³/mol. The molecule has 11 aromatic carbocycles. The van der Waals surface area contributed by atoms with Crippen LogP contribution in [0.3, 0.4) is 0 Å². The van der Waals surface area contributed by atoms with Crippen LogP contribution in [0, 0.1) is 0 Å². The van der Waals surface area contributed by atoms with E-state index in [9.17, 15) is 0 Å². The van der Waals surface area contributed by atoms with Crippen LogP contribution >= 0.6 is 11.3 Å². The first-order valence-corrected chi connectivity index (χ1v) is 26.7. The van der Waals surface area contributed by atoms with E-state index in [1.165, 1.54) is 58.3 Å². The summed E-state index contributed by atoms with van der Waals surface area (Å²) in [5.41, 5.74) is 14.5. The van der Waals surface area contributed by atoms with Gasteiger partial charge in [-0.1, -0.05) is 158 Å². The van der Waals surface area contributed by atoms with Crippen molar-refractivity contribution in [3.05, 3.63) is 243 Å². The number of para-hydroxylation sites is 5. The van der Waals surface area contributed by atoms with Gasteiger partial charge in [-0.15, -0.1) is 11.3 Å². The van der Waals surface area contributed by atoms with Crippen LogP contribution in [0.25, 0.3) is 159 Å². The lowest BCUT2D eigenvalue weighted by molar-refractivity contribution is 0.669. The van der Waals surface area contributed by atoms with Crippen molar-refractivity contribution in [2.75, 3.05) is 0 Å². The van der Waals surface area contributed by atoms with E-state index in [0.29, 0.717) is 17.6 Å². The number of aromatic nitrogens is 6. The molecule has 8 heteroatoms. The fourth-order valence-electron chi connectivity index (χ4n) is 12.3. The first-order chi connectivity index (χ1) is 38.2. The lowest BCUT2D eigenvalue weighted by Gasteiger charge is -2.12. The monoisotopic (exact) mass is 1000 g/mol. The minimum atomic E-state index is 0.550. The quantitative estimate of drug-likeness (QED) is 0.166. The second-order valence-electron chi connectivity index (χ2n) is 19.9. The van der Waals surface area contributed by atoms with Crippen LogP contribution in [0.4, 0.5) is 0 Å². The van der Waals surface area contributed by atoms with E-state index in [2.05, 4.69) is 244 Å². The Balaban J connectivity index is 0.881. The Morgan fingerprint density at radius 1 is 0.312 bits per heavy atom. The van der Waals surface area contributed by atoms with Gasteiger partial charge in [-0.2, -0.15) is 9.97 Å². The maximum atomic E-state index is 6.73. The number of benzene rings is 11. The molecule has 6 heterocycles. The van der Waals surface area contributed by atoms with Gasteiger partial charge >= 0.3 is 0 Å². The largest absolute Gasteiger partial charge is 0.456 e. The Labute approximate surface area is 443 Å². The van der Waals surface area contributed by atoms with Crippen LogP contribution in [0.15, 0.2) is 247 Å². The van der Waals surface area contributed by atoms with E-state index in [0.717, 1.165) is 82.9 Å². The molecule has 0 aliphatic carbocycles. The van der Waals surface area contributed by atoms with Crippen LogP contribution in [0.2, 0.25) is 0 Å². The van der Waals surface area contributed by atoms with E-state index in [4.69, 9.17) is 19.4 Å². The molecule has 17 rings (SSSR count). The molecule has 7 nitrogen and oxygen atoms in total. The first kappa shape index (κ1) is 42.2. The highest BCUT2D eigenvalue weighted by molar-refractivity contribution is 7.25. The molecule has 0 fully saturated rings. The molecule has 0 atom stereocenters. The van der Waals surface area contributed by atoms with E-state index in [1.54, 1.807) is 11.3 Å². The molecule has 0 amide bonds. The van der Waals surface area contributed by atoms with Crippen LogP contribution < -0.4 is 0 Å². The summed E-state index contributed by atoms with van der Waals surface area (Å²) in [4.78, 5) is 16.2. The summed E-state index contributed by atoms with van der Waals surface area (Å²) in [5.74, 6) is 1.71. The number of hydrogen-bond donors (Lipinski definition) is 0. The molecule has 77 heavy (non-hydrogen) atoms. The summed E-state index contributed by atoms with van der Waals surface area (Å²) in [6.45, 7) is 0. The zero-order valence-electron chi connectivity index (χ0n) is 41.1. The van der Waals surface area contributed by atoms with Crippen LogP contribution in [0.1, 0.15) is 0 Å². The second-order valence-corrected chi connectivity index (χ2v) is 21.0. The third-order valence-electron chi connectivity index (χ3n) is 15.7. The third-order valence-corrected chi connectivity index (χ3v) is 16.8. The molecular weight excluding hydrogens is 961 g/mol. The fourth-order valence-corrected chi connectivity index (χ4v) is 13.5. The lowest BCUT2D eigenvalue weighted by Crippen LogP contribution is -2.06. The Hall–Kier alpha value is -10.2. The average Bonchev–Trinajstić information content (AvgIpc) is 4.47. The van der Waals surface area contributed by atoms with Gasteiger partial charge in [0.25, 0.3) is 0 Å². The highest BCUT2D eigenvalue weighted by Gasteiger charge is 2.24. The van der Waals surface area contributed by atoms with Crippen LogP contribution in [0.5, 0.6) is 0 Å². The Morgan fingerprint density at radius 2 is 0.831 bits per heavy atom. The molecule has 0 radical (unpaired) electrons. The molecule has 0 aliphatic rings. The zero-order chi connectivity index (χ0) is 50.3. The summed E-state index contributed by atoms with van der Waals surface area (Å²) in [7, 11) is 0.